The van der Waals surface area contributed by atoms with E-state index in [2.05, 4.69) is 20.8 Å². The van der Waals surface area contributed by atoms with Crippen LogP contribution in [-0.2, 0) is 9.47 Å². The predicted molar refractivity (Wildman–Crippen MR) is 44.6 cm³/mol. The Balaban J connectivity index is 1.88. The van der Waals surface area contributed by atoms with Gasteiger partial charge in [0.1, 0.15) is 5.60 Å². The first-order chi connectivity index (χ1) is 5.12. The molecule has 1 unspecified atom stereocenters. The van der Waals surface area contributed by atoms with E-state index < -0.39 is 0 Å². The Bertz CT molecular complexity index is 117. The summed E-state index contributed by atoms with van der Waals surface area (Å²) in [6, 6.07) is 0. The lowest BCUT2D eigenvalue weighted by Crippen LogP contribution is -2.15. The van der Waals surface area contributed by atoms with Crippen molar-refractivity contribution in [2.45, 2.75) is 32.8 Å². The average molecular weight is 158 g/mol. The monoisotopic (exact) mass is 158 g/mol. The second kappa shape index (κ2) is 3.55. The van der Waals surface area contributed by atoms with Crippen LogP contribution in [0.15, 0.2) is 0 Å². The van der Waals surface area contributed by atoms with Crippen molar-refractivity contribution in [2.24, 2.45) is 5.92 Å². The average Bonchev–Trinajstić information content (AvgIpc) is 2.62. The quantitative estimate of drug-likeness (QED) is 0.450. The summed E-state index contributed by atoms with van der Waals surface area (Å²) in [5.41, 5.74) is 0.0664. The van der Waals surface area contributed by atoms with Gasteiger partial charge in [0.05, 0.1) is 13.2 Å². The van der Waals surface area contributed by atoms with E-state index in [4.69, 9.17) is 9.47 Å². The number of epoxide rings is 1. The fourth-order valence-electron chi connectivity index (χ4n) is 0.814. The molecule has 1 heterocycles. The summed E-state index contributed by atoms with van der Waals surface area (Å²) in [5, 5.41) is 0. The number of rotatable bonds is 5. The van der Waals surface area contributed by atoms with Gasteiger partial charge in [-0.25, -0.2) is 0 Å². The second-order valence-electron chi connectivity index (χ2n) is 3.97. The van der Waals surface area contributed by atoms with Crippen molar-refractivity contribution in [1.29, 1.82) is 0 Å². The fraction of sp³-hybridized carbons (Fsp3) is 1.00. The van der Waals surface area contributed by atoms with Gasteiger partial charge in [0.15, 0.2) is 0 Å². The molecule has 0 saturated carbocycles. The molecule has 1 fully saturated rings. The molecule has 1 saturated heterocycles. The molecule has 1 aliphatic rings. The zero-order chi connectivity index (χ0) is 8.32. The van der Waals surface area contributed by atoms with Gasteiger partial charge in [0.2, 0.25) is 0 Å². The minimum absolute atomic E-state index is 0.0664. The summed E-state index contributed by atoms with van der Waals surface area (Å²) in [6.07, 6.45) is 1.15. The SMILES string of the molecule is CC(C)CCOCC1(C)CO1. The zero-order valence-electron chi connectivity index (χ0n) is 7.72. The molecular formula is C9H18O2. The van der Waals surface area contributed by atoms with Crippen LogP contribution in [0.4, 0.5) is 0 Å². The minimum Gasteiger partial charge on any atom is -0.378 e. The number of hydrogen-bond donors (Lipinski definition) is 0. The highest BCUT2D eigenvalue weighted by Crippen LogP contribution is 2.25. The van der Waals surface area contributed by atoms with Gasteiger partial charge in [-0.2, -0.15) is 0 Å². The maximum atomic E-state index is 5.45. The molecule has 1 aliphatic heterocycles. The number of hydrogen-bond acceptors (Lipinski definition) is 2. The largest absolute Gasteiger partial charge is 0.378 e. The highest BCUT2D eigenvalue weighted by Gasteiger charge is 2.39. The van der Waals surface area contributed by atoms with E-state index in [1.165, 1.54) is 0 Å². The van der Waals surface area contributed by atoms with Gasteiger partial charge < -0.3 is 9.47 Å². The standard InChI is InChI=1S/C9H18O2/c1-8(2)4-5-10-6-9(3)7-11-9/h8H,4-7H2,1-3H3. The van der Waals surface area contributed by atoms with Gasteiger partial charge in [0.25, 0.3) is 0 Å². The molecule has 2 nitrogen and oxygen atoms in total. The molecule has 0 aromatic heterocycles. The van der Waals surface area contributed by atoms with Gasteiger partial charge >= 0.3 is 0 Å². The second-order valence-corrected chi connectivity index (χ2v) is 3.97. The third kappa shape index (κ3) is 3.73. The molecular weight excluding hydrogens is 140 g/mol. The molecule has 11 heavy (non-hydrogen) atoms. The first-order valence-corrected chi connectivity index (χ1v) is 4.34. The van der Waals surface area contributed by atoms with Gasteiger partial charge in [-0.15, -0.1) is 0 Å². The summed E-state index contributed by atoms with van der Waals surface area (Å²) in [6.45, 7) is 9.00. The molecule has 0 aliphatic carbocycles. The molecule has 0 N–H and O–H groups in total. The van der Waals surface area contributed by atoms with Crippen molar-refractivity contribution in [1.82, 2.24) is 0 Å². The molecule has 0 radical (unpaired) electrons. The van der Waals surface area contributed by atoms with Gasteiger partial charge in [0, 0.05) is 6.61 Å². The maximum absolute atomic E-state index is 5.45. The van der Waals surface area contributed by atoms with Crippen LogP contribution in [0.1, 0.15) is 27.2 Å². The Morgan fingerprint density at radius 1 is 1.55 bits per heavy atom. The van der Waals surface area contributed by atoms with E-state index in [0.717, 1.165) is 32.2 Å². The van der Waals surface area contributed by atoms with E-state index in [1.54, 1.807) is 0 Å². The van der Waals surface area contributed by atoms with Crippen molar-refractivity contribution in [3.8, 4) is 0 Å². The van der Waals surface area contributed by atoms with Crippen LogP contribution in [0.2, 0.25) is 0 Å². The predicted octanol–water partition coefficient (Wildman–Crippen LogP) is 1.84. The Kier molecular flexibility index (Phi) is 2.90. The third-order valence-corrected chi connectivity index (χ3v) is 1.88. The van der Waals surface area contributed by atoms with Crippen molar-refractivity contribution < 1.29 is 9.47 Å². The van der Waals surface area contributed by atoms with Crippen molar-refractivity contribution in [3.63, 3.8) is 0 Å². The Morgan fingerprint density at radius 2 is 2.18 bits per heavy atom. The van der Waals surface area contributed by atoms with Crippen LogP contribution in [0.25, 0.3) is 0 Å². The smallest absolute Gasteiger partial charge is 0.112 e. The van der Waals surface area contributed by atoms with E-state index >= 15 is 0 Å². The summed E-state index contributed by atoms with van der Waals surface area (Å²) in [4.78, 5) is 0. The Labute approximate surface area is 68.9 Å². The molecule has 0 bridgehead atoms. The molecule has 0 aromatic carbocycles. The molecule has 0 aromatic rings. The molecule has 66 valence electrons. The van der Waals surface area contributed by atoms with Crippen LogP contribution in [-0.4, -0.2) is 25.4 Å². The lowest BCUT2D eigenvalue weighted by Gasteiger charge is -2.07. The van der Waals surface area contributed by atoms with Crippen LogP contribution < -0.4 is 0 Å². The van der Waals surface area contributed by atoms with Gasteiger partial charge in [-0.3, -0.25) is 0 Å². The van der Waals surface area contributed by atoms with E-state index in [0.29, 0.717) is 0 Å². The van der Waals surface area contributed by atoms with E-state index in [9.17, 15) is 0 Å². The first kappa shape index (κ1) is 9.01. The normalized spacial score (nSPS) is 29.5. The van der Waals surface area contributed by atoms with Crippen LogP contribution in [0, 0.1) is 5.92 Å². The molecule has 2 heteroatoms. The lowest BCUT2D eigenvalue weighted by atomic mass is 10.1. The number of ether oxygens (including phenoxy) is 2. The minimum atomic E-state index is 0.0664. The van der Waals surface area contributed by atoms with E-state index in [1.807, 2.05) is 0 Å². The summed E-state index contributed by atoms with van der Waals surface area (Å²) in [7, 11) is 0. The lowest BCUT2D eigenvalue weighted by molar-refractivity contribution is 0.0784. The van der Waals surface area contributed by atoms with Crippen LogP contribution in [0.3, 0.4) is 0 Å². The molecule has 1 rings (SSSR count). The zero-order valence-corrected chi connectivity index (χ0v) is 7.72. The topological polar surface area (TPSA) is 21.8 Å². The Hall–Kier alpha value is -0.0800. The summed E-state index contributed by atoms with van der Waals surface area (Å²) in [5.74, 6) is 0.739. The van der Waals surface area contributed by atoms with Crippen molar-refractivity contribution in [3.05, 3.63) is 0 Å². The molecule has 0 spiro atoms. The van der Waals surface area contributed by atoms with Crippen molar-refractivity contribution >= 4 is 0 Å². The fourth-order valence-corrected chi connectivity index (χ4v) is 0.814. The highest BCUT2D eigenvalue weighted by molar-refractivity contribution is 4.86. The molecule has 0 amide bonds. The van der Waals surface area contributed by atoms with Gasteiger partial charge in [-0.1, -0.05) is 13.8 Å². The van der Waals surface area contributed by atoms with Crippen LogP contribution >= 0.6 is 0 Å². The summed E-state index contributed by atoms with van der Waals surface area (Å²) >= 11 is 0. The summed E-state index contributed by atoms with van der Waals surface area (Å²) < 4.78 is 10.6. The third-order valence-electron chi connectivity index (χ3n) is 1.88. The first-order valence-electron chi connectivity index (χ1n) is 4.34. The van der Waals surface area contributed by atoms with Gasteiger partial charge in [-0.05, 0) is 19.3 Å². The van der Waals surface area contributed by atoms with Crippen molar-refractivity contribution in [2.75, 3.05) is 19.8 Å². The highest BCUT2D eigenvalue weighted by atomic mass is 16.6. The molecule has 1 atom stereocenters. The van der Waals surface area contributed by atoms with E-state index in [-0.39, 0.29) is 5.60 Å². The Morgan fingerprint density at radius 3 is 2.64 bits per heavy atom. The maximum Gasteiger partial charge on any atom is 0.112 e. The van der Waals surface area contributed by atoms with Crippen LogP contribution in [0.5, 0.6) is 0 Å².